The minimum absolute atomic E-state index is 0.157. The quantitative estimate of drug-likeness (QED) is 0.111. The fraction of sp³-hybridized carbons (Fsp3) is 0.787. The van der Waals surface area contributed by atoms with Crippen molar-refractivity contribution in [2.75, 3.05) is 13.7 Å². The summed E-state index contributed by atoms with van der Waals surface area (Å²) in [5, 5.41) is 66.1. The zero-order valence-electron chi connectivity index (χ0n) is 36.1. The van der Waals surface area contributed by atoms with E-state index in [-0.39, 0.29) is 28.6 Å². The van der Waals surface area contributed by atoms with E-state index in [1.165, 1.54) is 11.1 Å². The Labute approximate surface area is 348 Å². The highest BCUT2D eigenvalue weighted by atomic mass is 16.7. The van der Waals surface area contributed by atoms with E-state index in [2.05, 4.69) is 77.1 Å². The molecule has 1 saturated heterocycles. The van der Waals surface area contributed by atoms with Gasteiger partial charge in [-0.15, -0.1) is 0 Å². The van der Waals surface area contributed by atoms with Gasteiger partial charge in [0, 0.05) is 25.4 Å². The molecule has 7 aliphatic rings. The molecule has 0 aromatic carbocycles. The Balaban J connectivity index is 1.22. The largest absolute Gasteiger partial charge is 0.481 e. The molecule has 2 bridgehead atoms. The first-order valence-corrected chi connectivity index (χ1v) is 22.3. The number of hydrogen-bond acceptors (Lipinski definition) is 9. The number of fused-ring (bicyclic) bond motifs is 6. The van der Waals surface area contributed by atoms with Gasteiger partial charge in [-0.3, -0.25) is 4.79 Å². The Bertz CT molecular complexity index is 1870. The molecule has 0 radical (unpaired) electrons. The minimum Gasteiger partial charge on any atom is -0.481 e. The Morgan fingerprint density at radius 3 is 2.32 bits per heavy atom. The van der Waals surface area contributed by atoms with Crippen LogP contribution in [0, 0.1) is 55.7 Å². The van der Waals surface area contributed by atoms with Gasteiger partial charge in [-0.05, 0) is 127 Å². The summed E-state index contributed by atoms with van der Waals surface area (Å²) in [6, 6.07) is 0. The summed E-state index contributed by atoms with van der Waals surface area (Å²) in [7, 11) is 1.65. The van der Waals surface area contributed by atoms with Gasteiger partial charge < -0.3 is 49.8 Å². The van der Waals surface area contributed by atoms with Crippen molar-refractivity contribution in [1.29, 1.82) is 0 Å². The molecule has 4 saturated carbocycles. The third kappa shape index (κ3) is 5.64. The molecule has 16 unspecified atom stereocenters. The van der Waals surface area contributed by atoms with Crippen molar-refractivity contribution in [3.05, 3.63) is 47.3 Å². The molecule has 1 aromatic heterocycles. The lowest BCUT2D eigenvalue weighted by Crippen LogP contribution is -2.73. The number of nitrogens with one attached hydrogen (secondary N) is 1. The average molecular weight is 824 g/mol. The predicted molar refractivity (Wildman–Crippen MR) is 218 cm³/mol. The number of aliphatic hydroxyl groups is 4. The first-order chi connectivity index (χ1) is 27.8. The van der Waals surface area contributed by atoms with E-state index in [4.69, 9.17) is 14.2 Å². The zero-order valence-corrected chi connectivity index (χ0v) is 36.1. The number of ether oxygens (including phenoxy) is 3. The van der Waals surface area contributed by atoms with Crippen LogP contribution in [0.25, 0.3) is 0 Å². The van der Waals surface area contributed by atoms with Gasteiger partial charge >= 0.3 is 11.9 Å². The van der Waals surface area contributed by atoms with Crippen molar-refractivity contribution >= 4 is 11.9 Å². The molecule has 2 heterocycles. The van der Waals surface area contributed by atoms with Crippen LogP contribution in [0.1, 0.15) is 117 Å². The van der Waals surface area contributed by atoms with Crippen LogP contribution in [0.4, 0.5) is 0 Å². The van der Waals surface area contributed by atoms with Crippen molar-refractivity contribution in [3.8, 4) is 0 Å². The van der Waals surface area contributed by atoms with Crippen molar-refractivity contribution in [1.82, 2.24) is 4.98 Å². The Kier molecular flexibility index (Phi) is 10.6. The van der Waals surface area contributed by atoms with Gasteiger partial charge in [-0.1, -0.05) is 65.3 Å². The number of allylic oxidation sites excluding steroid dienone is 2. The number of carbonyl (C=O) groups is 2. The number of rotatable bonds is 10. The van der Waals surface area contributed by atoms with Gasteiger partial charge in [-0.25, -0.2) is 4.79 Å². The first-order valence-electron chi connectivity index (χ1n) is 22.3. The van der Waals surface area contributed by atoms with Crippen LogP contribution < -0.4 is 0 Å². The number of aliphatic carboxylic acids is 2. The standard InChI is InChI=1S/C47H69NO11/c1-8-26-23-48-24-27(26)12-18-45-19-14-32(58-38-35(51)33(49)34(50)36(59-38)37(52)53)41(2,3)29(45)13-17-43(5)30(45)10-11-31-44(43,6)20-21-46(40(55)56)28(25-57-7)22-42(4)15-9-16-47(31,46)39(42)54/h9,11,16,23-24,28-30,32-36,38-39,48-51,54H,8,10,12-15,17-22,25H2,1-7H3,(H,52,53)(H,55,56). The summed E-state index contributed by atoms with van der Waals surface area (Å²) in [4.78, 5) is 29.3. The molecular formula is C47H69NO11. The average Bonchev–Trinajstić information content (AvgIpc) is 3.64. The summed E-state index contributed by atoms with van der Waals surface area (Å²) in [5.41, 5.74) is -0.329. The van der Waals surface area contributed by atoms with Crippen molar-refractivity contribution in [2.45, 2.75) is 162 Å². The van der Waals surface area contributed by atoms with E-state index in [0.717, 1.165) is 50.5 Å². The molecule has 59 heavy (non-hydrogen) atoms. The van der Waals surface area contributed by atoms with Crippen LogP contribution in [-0.4, -0.2) is 104 Å². The number of carboxylic acid groups (broad SMARTS) is 2. The van der Waals surface area contributed by atoms with E-state index >= 15 is 0 Å². The maximum atomic E-state index is 14.0. The lowest BCUT2D eigenvalue weighted by atomic mass is 9.28. The van der Waals surface area contributed by atoms with Gasteiger partial charge in [0.05, 0.1) is 29.6 Å². The zero-order chi connectivity index (χ0) is 42.7. The number of methoxy groups -OCH3 is 1. The second kappa shape index (κ2) is 14.5. The van der Waals surface area contributed by atoms with Crippen LogP contribution in [0.2, 0.25) is 0 Å². The van der Waals surface area contributed by atoms with Crippen LogP contribution in [-0.2, 0) is 36.6 Å². The van der Waals surface area contributed by atoms with Crippen LogP contribution in [0.15, 0.2) is 36.2 Å². The Morgan fingerprint density at radius 2 is 1.64 bits per heavy atom. The summed E-state index contributed by atoms with van der Waals surface area (Å²) in [6.07, 6.45) is 10.4. The third-order valence-electron chi connectivity index (χ3n) is 18.8. The van der Waals surface area contributed by atoms with E-state index < -0.39 is 81.9 Å². The second-order valence-corrected chi connectivity index (χ2v) is 21.2. The van der Waals surface area contributed by atoms with Gasteiger partial charge in [0.25, 0.3) is 0 Å². The molecule has 1 aromatic rings. The maximum absolute atomic E-state index is 14.0. The van der Waals surface area contributed by atoms with Crippen molar-refractivity contribution in [3.63, 3.8) is 0 Å². The number of carboxylic acids is 2. The molecular weight excluding hydrogens is 755 g/mol. The van der Waals surface area contributed by atoms with E-state index in [1.54, 1.807) is 7.11 Å². The maximum Gasteiger partial charge on any atom is 0.335 e. The number of aliphatic hydroxyl groups excluding tert-OH is 4. The predicted octanol–water partition coefficient (Wildman–Crippen LogP) is 5.81. The highest BCUT2D eigenvalue weighted by molar-refractivity contribution is 5.80. The van der Waals surface area contributed by atoms with Gasteiger partial charge in [-0.2, -0.15) is 0 Å². The van der Waals surface area contributed by atoms with E-state index in [9.17, 15) is 40.2 Å². The van der Waals surface area contributed by atoms with Crippen LogP contribution in [0.5, 0.6) is 0 Å². The summed E-state index contributed by atoms with van der Waals surface area (Å²) < 4.78 is 18.0. The second-order valence-electron chi connectivity index (χ2n) is 21.2. The molecule has 8 rings (SSSR count). The molecule has 328 valence electrons. The first kappa shape index (κ1) is 43.1. The molecule has 16 atom stereocenters. The number of aryl methyl sites for hydroxylation is 2. The van der Waals surface area contributed by atoms with E-state index in [0.29, 0.717) is 38.7 Å². The highest BCUT2D eigenvalue weighted by Crippen LogP contribution is 2.80. The highest BCUT2D eigenvalue weighted by Gasteiger charge is 2.78. The number of aromatic amines is 1. The number of hydrogen-bond donors (Lipinski definition) is 7. The molecule has 6 aliphatic carbocycles. The molecule has 1 aliphatic heterocycles. The molecule has 12 heteroatoms. The van der Waals surface area contributed by atoms with Gasteiger partial charge in [0.15, 0.2) is 12.4 Å². The number of aromatic nitrogens is 1. The van der Waals surface area contributed by atoms with Gasteiger partial charge in [0.1, 0.15) is 18.3 Å². The fourth-order valence-corrected chi connectivity index (χ4v) is 15.7. The van der Waals surface area contributed by atoms with Crippen LogP contribution >= 0.6 is 0 Å². The van der Waals surface area contributed by atoms with Gasteiger partial charge in [0.2, 0.25) is 0 Å². The van der Waals surface area contributed by atoms with Crippen LogP contribution in [0.3, 0.4) is 0 Å². The normalized spacial score (nSPS) is 48.5. The van der Waals surface area contributed by atoms with Crippen molar-refractivity contribution in [2.24, 2.45) is 55.7 Å². The summed E-state index contributed by atoms with van der Waals surface area (Å²) >= 11 is 0. The lowest BCUT2D eigenvalue weighted by molar-refractivity contribution is -0.325. The molecule has 7 N–H and O–H groups in total. The topological polar surface area (TPSA) is 199 Å². The number of H-pyrrole nitrogens is 1. The smallest absolute Gasteiger partial charge is 0.335 e. The van der Waals surface area contributed by atoms with Crippen molar-refractivity contribution < 1.29 is 54.4 Å². The molecule has 12 nitrogen and oxygen atoms in total. The Morgan fingerprint density at radius 1 is 0.915 bits per heavy atom. The monoisotopic (exact) mass is 823 g/mol. The van der Waals surface area contributed by atoms with E-state index in [1.807, 2.05) is 0 Å². The summed E-state index contributed by atoms with van der Waals surface area (Å²) in [5.74, 6) is -2.16. The Hall–Kier alpha value is -2.58. The third-order valence-corrected chi connectivity index (χ3v) is 18.8. The molecule has 5 fully saturated rings. The summed E-state index contributed by atoms with van der Waals surface area (Å²) in [6.45, 7) is 13.9. The molecule has 1 spiro atoms. The minimum atomic E-state index is -1.80. The SMILES string of the molecule is CCc1c[nH]cc1CCC12CCC(OC3OC(C(=O)O)C(O)C(O)C3O)C(C)(C)C1CCC1(C)C2CC=C2C1(C)CCC1(C(=O)O)C(COC)CC3(C)CC=CC21C3O. The lowest BCUT2D eigenvalue weighted by Gasteiger charge is -2.75. The fourth-order valence-electron chi connectivity index (χ4n) is 15.7. The molecule has 0 amide bonds.